The molecule has 2 heterocycles. The lowest BCUT2D eigenvalue weighted by Crippen LogP contribution is -2.32. The number of hydrogen-bond acceptors (Lipinski definition) is 4. The summed E-state index contributed by atoms with van der Waals surface area (Å²) in [4.78, 5) is 14.6. The zero-order chi connectivity index (χ0) is 20.4. The maximum absolute atomic E-state index is 12.7. The minimum absolute atomic E-state index is 0.132. The molecule has 0 radical (unpaired) electrons. The van der Waals surface area contributed by atoms with Crippen molar-refractivity contribution in [2.24, 2.45) is 0 Å². The van der Waals surface area contributed by atoms with Crippen molar-refractivity contribution < 1.29 is 4.79 Å². The van der Waals surface area contributed by atoms with Gasteiger partial charge in [0.25, 0.3) is 0 Å². The fourth-order valence-electron chi connectivity index (χ4n) is 3.93. The molecule has 0 aliphatic rings. The largest absolute Gasteiger partial charge is 0.338 e. The van der Waals surface area contributed by atoms with Crippen LogP contribution in [-0.4, -0.2) is 37.4 Å². The van der Waals surface area contributed by atoms with E-state index in [0.29, 0.717) is 25.2 Å². The van der Waals surface area contributed by atoms with E-state index in [-0.39, 0.29) is 5.91 Å². The fraction of sp³-hybridized carbons (Fsp3) is 0.304. The molecule has 0 bridgehead atoms. The number of tetrazole rings is 1. The fourth-order valence-corrected chi connectivity index (χ4v) is 3.93. The van der Waals surface area contributed by atoms with Crippen molar-refractivity contribution in [1.82, 2.24) is 24.9 Å². The van der Waals surface area contributed by atoms with Crippen molar-refractivity contribution in [2.45, 2.75) is 40.2 Å². The first-order chi connectivity index (χ1) is 14.1. The molecule has 0 unspecified atom stereocenters. The van der Waals surface area contributed by atoms with Crippen LogP contribution in [-0.2, 0) is 17.8 Å². The van der Waals surface area contributed by atoms with E-state index in [0.717, 1.165) is 28.5 Å². The highest BCUT2D eigenvalue weighted by Crippen LogP contribution is 2.25. The molecule has 6 heteroatoms. The van der Waals surface area contributed by atoms with Gasteiger partial charge in [-0.05, 0) is 54.0 Å². The number of nitrogens with zero attached hydrogens (tertiary/aromatic N) is 5. The van der Waals surface area contributed by atoms with Gasteiger partial charge in [-0.3, -0.25) is 4.79 Å². The maximum Gasteiger partial charge on any atom is 0.222 e. The molecular weight excluding hydrogens is 362 g/mol. The van der Waals surface area contributed by atoms with Gasteiger partial charge < -0.3 is 4.90 Å². The number of carbonyl (C=O) groups excluding carboxylic acids is 1. The van der Waals surface area contributed by atoms with Gasteiger partial charge >= 0.3 is 0 Å². The molecule has 0 N–H and O–H groups in total. The molecule has 0 aliphatic heterocycles. The summed E-state index contributed by atoms with van der Waals surface area (Å²) in [6.07, 6.45) is 1.29. The maximum atomic E-state index is 12.7. The average molecular weight is 387 g/mol. The SMILES string of the molecule is CCC(=O)N(CCc1ccccc1)Cc1cc2cc(C)cc(C)c2n2nnnc12. The smallest absolute Gasteiger partial charge is 0.222 e. The van der Waals surface area contributed by atoms with Gasteiger partial charge in [-0.25, -0.2) is 0 Å². The highest BCUT2D eigenvalue weighted by molar-refractivity contribution is 5.86. The Morgan fingerprint density at radius 2 is 1.90 bits per heavy atom. The molecule has 29 heavy (non-hydrogen) atoms. The Labute approximate surface area is 170 Å². The van der Waals surface area contributed by atoms with Crippen molar-refractivity contribution in [3.8, 4) is 0 Å². The predicted molar refractivity (Wildman–Crippen MR) is 114 cm³/mol. The van der Waals surface area contributed by atoms with Gasteiger partial charge in [0.05, 0.1) is 5.52 Å². The number of fused-ring (bicyclic) bond motifs is 3. The Kier molecular flexibility index (Phi) is 5.25. The Morgan fingerprint density at radius 1 is 1.10 bits per heavy atom. The normalized spacial score (nSPS) is 11.3. The predicted octanol–water partition coefficient (Wildman–Crippen LogP) is 3.88. The first-order valence-corrected chi connectivity index (χ1v) is 9.99. The number of rotatable bonds is 6. The molecule has 0 aliphatic carbocycles. The van der Waals surface area contributed by atoms with Gasteiger partial charge in [0.2, 0.25) is 5.91 Å². The topological polar surface area (TPSA) is 63.4 Å². The zero-order valence-electron chi connectivity index (χ0n) is 17.1. The summed E-state index contributed by atoms with van der Waals surface area (Å²) < 4.78 is 1.80. The Morgan fingerprint density at radius 3 is 2.66 bits per heavy atom. The monoisotopic (exact) mass is 387 g/mol. The van der Waals surface area contributed by atoms with Crippen LogP contribution in [0.2, 0.25) is 0 Å². The third-order valence-corrected chi connectivity index (χ3v) is 5.30. The van der Waals surface area contributed by atoms with E-state index in [1.54, 1.807) is 4.52 Å². The number of hydrogen-bond donors (Lipinski definition) is 0. The van der Waals surface area contributed by atoms with E-state index < -0.39 is 0 Å². The standard InChI is InChI=1S/C23H25N5O/c1-4-21(29)27(11-10-18-8-6-5-7-9-18)15-20-14-19-13-16(2)12-17(3)22(19)28-23(20)24-25-26-28/h5-9,12-14H,4,10-11,15H2,1-3H3. The molecule has 2 aromatic carbocycles. The zero-order valence-corrected chi connectivity index (χ0v) is 17.1. The number of aryl methyl sites for hydroxylation is 2. The summed E-state index contributed by atoms with van der Waals surface area (Å²) in [6.45, 7) is 7.21. The highest BCUT2D eigenvalue weighted by atomic mass is 16.2. The molecule has 0 fully saturated rings. The third kappa shape index (κ3) is 3.83. The van der Waals surface area contributed by atoms with Gasteiger partial charge in [-0.2, -0.15) is 4.52 Å². The van der Waals surface area contributed by atoms with E-state index in [1.807, 2.05) is 30.0 Å². The van der Waals surface area contributed by atoms with Crippen LogP contribution < -0.4 is 0 Å². The van der Waals surface area contributed by atoms with Crippen LogP contribution in [0.1, 0.15) is 35.6 Å². The van der Waals surface area contributed by atoms with Gasteiger partial charge in [-0.15, -0.1) is 5.10 Å². The third-order valence-electron chi connectivity index (χ3n) is 5.30. The van der Waals surface area contributed by atoms with Crippen molar-refractivity contribution in [1.29, 1.82) is 0 Å². The van der Waals surface area contributed by atoms with Crippen molar-refractivity contribution >= 4 is 22.5 Å². The van der Waals surface area contributed by atoms with E-state index in [9.17, 15) is 4.79 Å². The molecular formula is C23H25N5O. The Balaban J connectivity index is 1.71. The highest BCUT2D eigenvalue weighted by Gasteiger charge is 2.18. The first-order valence-electron chi connectivity index (χ1n) is 9.99. The summed E-state index contributed by atoms with van der Waals surface area (Å²) in [5.41, 5.74) is 6.23. The van der Waals surface area contributed by atoms with Gasteiger partial charge in [-0.1, -0.05) is 48.9 Å². The molecule has 148 valence electrons. The Hall–Kier alpha value is -3.28. The molecule has 0 spiro atoms. The van der Waals surface area contributed by atoms with Gasteiger partial charge in [0.1, 0.15) is 0 Å². The molecule has 4 aromatic rings. The number of carbonyl (C=O) groups is 1. The van der Waals surface area contributed by atoms with E-state index in [4.69, 9.17) is 0 Å². The van der Waals surface area contributed by atoms with Crippen molar-refractivity contribution in [2.75, 3.05) is 6.54 Å². The molecule has 1 amide bonds. The van der Waals surface area contributed by atoms with Gasteiger partial charge in [0, 0.05) is 30.5 Å². The summed E-state index contributed by atoms with van der Waals surface area (Å²) in [6, 6.07) is 16.7. The van der Waals surface area contributed by atoms with E-state index >= 15 is 0 Å². The van der Waals surface area contributed by atoms with Crippen molar-refractivity contribution in [3.05, 3.63) is 70.8 Å². The molecule has 0 saturated carbocycles. The molecule has 0 atom stereocenters. The summed E-state index contributed by atoms with van der Waals surface area (Å²) in [7, 11) is 0. The number of benzene rings is 2. The summed E-state index contributed by atoms with van der Waals surface area (Å²) in [5, 5.41) is 13.5. The van der Waals surface area contributed by atoms with E-state index in [2.05, 4.69) is 59.7 Å². The number of pyridine rings is 1. The lowest BCUT2D eigenvalue weighted by atomic mass is 10.0. The second-order valence-electron chi connectivity index (χ2n) is 7.51. The molecule has 4 rings (SSSR count). The van der Waals surface area contributed by atoms with E-state index in [1.165, 1.54) is 11.1 Å². The quantitative estimate of drug-likeness (QED) is 0.504. The molecule has 2 aromatic heterocycles. The van der Waals surface area contributed by atoms with Crippen LogP contribution in [0.4, 0.5) is 0 Å². The van der Waals surface area contributed by atoms with Crippen molar-refractivity contribution in [3.63, 3.8) is 0 Å². The molecule has 0 saturated heterocycles. The van der Waals surface area contributed by atoms with Crippen LogP contribution >= 0.6 is 0 Å². The minimum Gasteiger partial charge on any atom is -0.338 e. The lowest BCUT2D eigenvalue weighted by molar-refractivity contribution is -0.131. The van der Waals surface area contributed by atoms with Crippen LogP contribution in [0.3, 0.4) is 0 Å². The average Bonchev–Trinajstić information content (AvgIpc) is 3.20. The lowest BCUT2D eigenvalue weighted by Gasteiger charge is -2.23. The van der Waals surface area contributed by atoms with Crippen LogP contribution in [0.25, 0.3) is 16.6 Å². The molecule has 6 nitrogen and oxygen atoms in total. The second-order valence-corrected chi connectivity index (χ2v) is 7.51. The summed E-state index contributed by atoms with van der Waals surface area (Å²) in [5.74, 6) is 0.132. The van der Waals surface area contributed by atoms with Crippen LogP contribution in [0, 0.1) is 13.8 Å². The summed E-state index contributed by atoms with van der Waals surface area (Å²) >= 11 is 0. The second kappa shape index (κ2) is 7.99. The van der Waals surface area contributed by atoms with Crippen LogP contribution in [0.5, 0.6) is 0 Å². The number of amides is 1. The first kappa shape index (κ1) is 19.1. The minimum atomic E-state index is 0.132. The number of aromatic nitrogens is 4. The Bertz CT molecular complexity index is 1170. The van der Waals surface area contributed by atoms with Gasteiger partial charge in [0.15, 0.2) is 5.65 Å². The van der Waals surface area contributed by atoms with Crippen LogP contribution in [0.15, 0.2) is 48.5 Å².